The van der Waals surface area contributed by atoms with Crippen molar-refractivity contribution in [2.24, 2.45) is 0 Å². The van der Waals surface area contributed by atoms with Crippen LogP contribution in [0.25, 0.3) is 10.9 Å². The molecule has 0 unspecified atom stereocenters. The molecule has 3 aromatic rings. The monoisotopic (exact) mass is 354 g/mol. The molecule has 2 aromatic carbocycles. The summed E-state index contributed by atoms with van der Waals surface area (Å²) in [6.45, 7) is 1.81. The average Bonchev–Trinajstić information content (AvgIpc) is 2.59. The van der Waals surface area contributed by atoms with Crippen LogP contribution in [-0.2, 0) is 4.79 Å². The van der Waals surface area contributed by atoms with Crippen molar-refractivity contribution < 1.29 is 9.72 Å². The minimum Gasteiger partial charge on any atom is -0.325 e. The third kappa shape index (κ3) is 4.10. The third-order valence-electron chi connectivity index (χ3n) is 3.36. The lowest BCUT2D eigenvalue weighted by Gasteiger charge is -2.07. The zero-order chi connectivity index (χ0) is 17.8. The second-order valence-corrected chi connectivity index (χ2v) is 6.20. The molecule has 25 heavy (non-hydrogen) atoms. The van der Waals surface area contributed by atoms with Crippen molar-refractivity contribution in [1.82, 2.24) is 9.97 Å². The van der Waals surface area contributed by atoms with E-state index in [9.17, 15) is 14.9 Å². The van der Waals surface area contributed by atoms with Gasteiger partial charge in [-0.1, -0.05) is 36.0 Å². The van der Waals surface area contributed by atoms with E-state index in [0.29, 0.717) is 11.5 Å². The molecule has 3 rings (SSSR count). The summed E-state index contributed by atoms with van der Waals surface area (Å²) in [5.74, 6) is 0.523. The van der Waals surface area contributed by atoms with Crippen molar-refractivity contribution in [1.29, 1.82) is 0 Å². The van der Waals surface area contributed by atoms with Gasteiger partial charge in [-0.3, -0.25) is 14.9 Å². The molecule has 0 fully saturated rings. The fourth-order valence-corrected chi connectivity index (χ4v) is 3.16. The molecule has 0 atom stereocenters. The predicted octanol–water partition coefficient (Wildman–Crippen LogP) is 3.58. The van der Waals surface area contributed by atoms with Crippen LogP contribution in [0.1, 0.15) is 5.82 Å². The number of non-ortho nitro benzene ring substituents is 1. The second kappa shape index (κ2) is 7.27. The first-order valence-corrected chi connectivity index (χ1v) is 8.42. The lowest BCUT2D eigenvalue weighted by atomic mass is 10.2. The quantitative estimate of drug-likeness (QED) is 0.325. The van der Waals surface area contributed by atoms with Crippen LogP contribution >= 0.6 is 11.8 Å². The molecular formula is C17H14N4O3S. The van der Waals surface area contributed by atoms with Crippen LogP contribution in [0.2, 0.25) is 0 Å². The standard InChI is InChI=1S/C17H14N4O3S/c1-11-18-15-8-3-2-7-14(15)17(19-11)25-10-16(22)20-12-5-4-6-13(9-12)21(23)24/h2-9H,10H2,1H3,(H,20,22). The predicted molar refractivity (Wildman–Crippen MR) is 96.7 cm³/mol. The largest absolute Gasteiger partial charge is 0.325 e. The van der Waals surface area contributed by atoms with Gasteiger partial charge >= 0.3 is 0 Å². The van der Waals surface area contributed by atoms with Crippen molar-refractivity contribution in [3.8, 4) is 0 Å². The number of hydrogen-bond acceptors (Lipinski definition) is 6. The fraction of sp³-hybridized carbons (Fsp3) is 0.118. The number of aryl methyl sites for hydroxylation is 1. The van der Waals surface area contributed by atoms with Gasteiger partial charge in [-0.25, -0.2) is 9.97 Å². The number of rotatable bonds is 5. The molecule has 8 heteroatoms. The number of nitro benzene ring substituents is 1. The maximum Gasteiger partial charge on any atom is 0.271 e. The van der Waals surface area contributed by atoms with Gasteiger partial charge in [0.15, 0.2) is 0 Å². The van der Waals surface area contributed by atoms with Crippen LogP contribution in [0.4, 0.5) is 11.4 Å². The number of carbonyl (C=O) groups is 1. The van der Waals surface area contributed by atoms with Gasteiger partial charge < -0.3 is 5.32 Å². The lowest BCUT2D eigenvalue weighted by molar-refractivity contribution is -0.384. The summed E-state index contributed by atoms with van der Waals surface area (Å²) < 4.78 is 0. The maximum atomic E-state index is 12.1. The van der Waals surface area contributed by atoms with E-state index in [1.54, 1.807) is 13.0 Å². The highest BCUT2D eigenvalue weighted by Crippen LogP contribution is 2.25. The van der Waals surface area contributed by atoms with Gasteiger partial charge in [-0.2, -0.15) is 0 Å². The molecule has 0 saturated carbocycles. The van der Waals surface area contributed by atoms with Crippen molar-refractivity contribution >= 4 is 39.9 Å². The Morgan fingerprint density at radius 2 is 2.00 bits per heavy atom. The number of nitro groups is 1. The SMILES string of the molecule is Cc1nc(SCC(=O)Nc2cccc([N+](=O)[O-])c2)c2ccccc2n1. The summed E-state index contributed by atoms with van der Waals surface area (Å²) >= 11 is 1.30. The Labute approximate surface area is 147 Å². The molecule has 7 nitrogen and oxygen atoms in total. The summed E-state index contributed by atoms with van der Waals surface area (Å²) in [7, 11) is 0. The number of hydrogen-bond donors (Lipinski definition) is 1. The van der Waals surface area contributed by atoms with E-state index in [-0.39, 0.29) is 17.3 Å². The molecule has 1 amide bonds. The van der Waals surface area contributed by atoms with Crippen molar-refractivity contribution in [2.75, 3.05) is 11.1 Å². The molecule has 0 spiro atoms. The van der Waals surface area contributed by atoms with Crippen LogP contribution in [0.5, 0.6) is 0 Å². The number of benzene rings is 2. The summed E-state index contributed by atoms with van der Waals surface area (Å²) in [6.07, 6.45) is 0. The first kappa shape index (κ1) is 16.8. The number of amides is 1. The third-order valence-corrected chi connectivity index (χ3v) is 4.35. The number of nitrogens with one attached hydrogen (secondary N) is 1. The highest BCUT2D eigenvalue weighted by molar-refractivity contribution is 8.00. The Morgan fingerprint density at radius 3 is 2.80 bits per heavy atom. The number of aromatic nitrogens is 2. The number of fused-ring (bicyclic) bond motifs is 1. The van der Waals surface area contributed by atoms with E-state index in [1.807, 2.05) is 24.3 Å². The van der Waals surface area contributed by atoms with Crippen molar-refractivity contribution in [3.63, 3.8) is 0 Å². The molecule has 1 heterocycles. The fourth-order valence-electron chi connectivity index (χ4n) is 2.30. The van der Waals surface area contributed by atoms with Gasteiger partial charge in [0, 0.05) is 23.2 Å². The highest BCUT2D eigenvalue weighted by Gasteiger charge is 2.11. The number of nitrogens with zero attached hydrogens (tertiary/aromatic N) is 3. The van der Waals surface area contributed by atoms with E-state index >= 15 is 0 Å². The van der Waals surface area contributed by atoms with E-state index in [2.05, 4.69) is 15.3 Å². The van der Waals surface area contributed by atoms with Crippen LogP contribution in [-0.4, -0.2) is 26.6 Å². The van der Waals surface area contributed by atoms with E-state index in [1.165, 1.54) is 30.0 Å². The van der Waals surface area contributed by atoms with Gasteiger partial charge in [0.2, 0.25) is 5.91 Å². The first-order valence-electron chi connectivity index (χ1n) is 7.43. The molecule has 1 aromatic heterocycles. The summed E-state index contributed by atoms with van der Waals surface area (Å²) in [6, 6.07) is 13.5. The van der Waals surface area contributed by atoms with E-state index < -0.39 is 4.92 Å². The Balaban J connectivity index is 1.71. The van der Waals surface area contributed by atoms with Crippen molar-refractivity contribution in [2.45, 2.75) is 11.9 Å². The molecule has 0 radical (unpaired) electrons. The Bertz CT molecular complexity index is 962. The summed E-state index contributed by atoms with van der Waals surface area (Å²) in [5, 5.41) is 15.1. The number of carbonyl (C=O) groups excluding carboxylic acids is 1. The van der Waals surface area contributed by atoms with E-state index in [4.69, 9.17) is 0 Å². The van der Waals surface area contributed by atoms with Gasteiger partial charge in [-0.15, -0.1) is 0 Å². The van der Waals surface area contributed by atoms with Crippen LogP contribution in [0.3, 0.4) is 0 Å². The number of anilines is 1. The Morgan fingerprint density at radius 1 is 1.20 bits per heavy atom. The molecule has 0 aliphatic carbocycles. The second-order valence-electron chi connectivity index (χ2n) is 5.24. The molecule has 0 bridgehead atoms. The first-order chi connectivity index (χ1) is 12.0. The lowest BCUT2D eigenvalue weighted by Crippen LogP contribution is -2.14. The smallest absolute Gasteiger partial charge is 0.271 e. The number of thioether (sulfide) groups is 1. The molecule has 126 valence electrons. The zero-order valence-corrected chi connectivity index (χ0v) is 14.1. The molecule has 0 aliphatic rings. The minimum atomic E-state index is -0.500. The highest BCUT2D eigenvalue weighted by atomic mass is 32.2. The van der Waals surface area contributed by atoms with Gasteiger partial charge in [-0.05, 0) is 19.1 Å². The Hall–Kier alpha value is -3.00. The normalized spacial score (nSPS) is 10.6. The maximum absolute atomic E-state index is 12.1. The summed E-state index contributed by atoms with van der Waals surface area (Å²) in [4.78, 5) is 31.2. The number of para-hydroxylation sites is 1. The topological polar surface area (TPSA) is 98.0 Å². The average molecular weight is 354 g/mol. The van der Waals surface area contributed by atoms with Gasteiger partial charge in [0.25, 0.3) is 5.69 Å². The van der Waals surface area contributed by atoms with Gasteiger partial charge in [0.1, 0.15) is 10.9 Å². The molecule has 1 N–H and O–H groups in total. The zero-order valence-electron chi connectivity index (χ0n) is 13.3. The van der Waals surface area contributed by atoms with Crippen molar-refractivity contribution in [3.05, 3.63) is 64.5 Å². The molecule has 0 aliphatic heterocycles. The van der Waals surface area contributed by atoms with Crippen LogP contribution in [0, 0.1) is 17.0 Å². The molecule has 0 saturated heterocycles. The van der Waals surface area contributed by atoms with Gasteiger partial charge in [0.05, 0.1) is 16.2 Å². The summed E-state index contributed by atoms with van der Waals surface area (Å²) in [5.41, 5.74) is 1.16. The molecular weight excluding hydrogens is 340 g/mol. The van der Waals surface area contributed by atoms with Crippen LogP contribution < -0.4 is 5.32 Å². The van der Waals surface area contributed by atoms with E-state index in [0.717, 1.165) is 15.9 Å². The minimum absolute atomic E-state index is 0.0668. The van der Waals surface area contributed by atoms with Crippen LogP contribution in [0.15, 0.2) is 53.6 Å². The Kier molecular flexibility index (Phi) is 4.90.